The maximum atomic E-state index is 9.58. The molecule has 1 fully saturated rings. The number of benzene rings is 1. The van der Waals surface area contributed by atoms with Crippen molar-refractivity contribution in [2.75, 3.05) is 26.2 Å². The zero-order valence-electron chi connectivity index (χ0n) is 12.2. The first-order valence-corrected chi connectivity index (χ1v) is 7.16. The van der Waals surface area contributed by atoms with E-state index in [2.05, 4.69) is 36.9 Å². The maximum Gasteiger partial charge on any atom is 0.119 e. The minimum Gasteiger partial charge on any atom is -0.492 e. The lowest BCUT2D eigenvalue weighted by Crippen LogP contribution is -2.28. The number of hydrogen-bond donors (Lipinski definition) is 1. The Balaban J connectivity index is 1.75. The molecule has 0 saturated carbocycles. The van der Waals surface area contributed by atoms with E-state index in [4.69, 9.17) is 4.74 Å². The third-order valence-electron chi connectivity index (χ3n) is 3.86. The summed E-state index contributed by atoms with van der Waals surface area (Å²) in [4.78, 5) is 2.38. The van der Waals surface area contributed by atoms with Crippen molar-refractivity contribution in [1.29, 1.82) is 0 Å². The Kier molecular flexibility index (Phi) is 4.83. The van der Waals surface area contributed by atoms with E-state index in [0.717, 1.165) is 38.4 Å². The number of aliphatic hydroxyl groups excluding tert-OH is 1. The van der Waals surface area contributed by atoms with Gasteiger partial charge in [-0.05, 0) is 62.9 Å². The van der Waals surface area contributed by atoms with Crippen LogP contribution in [0.15, 0.2) is 18.2 Å². The lowest BCUT2D eigenvalue weighted by molar-refractivity contribution is 0.125. The van der Waals surface area contributed by atoms with Crippen LogP contribution in [0.3, 0.4) is 0 Å². The Hall–Kier alpha value is -1.06. The van der Waals surface area contributed by atoms with E-state index >= 15 is 0 Å². The van der Waals surface area contributed by atoms with Gasteiger partial charge >= 0.3 is 0 Å². The van der Waals surface area contributed by atoms with Crippen molar-refractivity contribution in [3.05, 3.63) is 29.3 Å². The molecule has 0 spiro atoms. The van der Waals surface area contributed by atoms with Gasteiger partial charge in [0, 0.05) is 13.1 Å². The van der Waals surface area contributed by atoms with Crippen LogP contribution in [0.5, 0.6) is 5.75 Å². The highest BCUT2D eigenvalue weighted by Crippen LogP contribution is 2.20. The van der Waals surface area contributed by atoms with Gasteiger partial charge in [0.1, 0.15) is 12.4 Å². The van der Waals surface area contributed by atoms with E-state index < -0.39 is 0 Å². The van der Waals surface area contributed by atoms with Gasteiger partial charge in [0.2, 0.25) is 0 Å². The second-order valence-electron chi connectivity index (χ2n) is 5.76. The van der Waals surface area contributed by atoms with Gasteiger partial charge in [-0.15, -0.1) is 0 Å². The SMILES string of the molecule is Cc1cc(C)cc(OCCN2CCC(C(C)O)C2)c1. The fourth-order valence-corrected chi connectivity index (χ4v) is 2.77. The summed E-state index contributed by atoms with van der Waals surface area (Å²) in [6, 6.07) is 6.31. The molecule has 1 aromatic rings. The van der Waals surface area contributed by atoms with Crippen LogP contribution >= 0.6 is 0 Å². The topological polar surface area (TPSA) is 32.7 Å². The van der Waals surface area contributed by atoms with Crippen molar-refractivity contribution < 1.29 is 9.84 Å². The summed E-state index contributed by atoms with van der Waals surface area (Å²) < 4.78 is 5.82. The summed E-state index contributed by atoms with van der Waals surface area (Å²) >= 11 is 0. The van der Waals surface area contributed by atoms with Crippen LogP contribution in [0.2, 0.25) is 0 Å². The van der Waals surface area contributed by atoms with Gasteiger partial charge in [0.05, 0.1) is 6.10 Å². The highest BCUT2D eigenvalue weighted by Gasteiger charge is 2.25. The smallest absolute Gasteiger partial charge is 0.119 e. The Morgan fingerprint density at radius 1 is 1.32 bits per heavy atom. The summed E-state index contributed by atoms with van der Waals surface area (Å²) in [5.41, 5.74) is 2.48. The van der Waals surface area contributed by atoms with Crippen LogP contribution in [0.25, 0.3) is 0 Å². The maximum absolute atomic E-state index is 9.58. The minimum atomic E-state index is -0.189. The van der Waals surface area contributed by atoms with Gasteiger partial charge in [-0.3, -0.25) is 4.90 Å². The number of nitrogens with zero attached hydrogens (tertiary/aromatic N) is 1. The van der Waals surface area contributed by atoms with E-state index in [9.17, 15) is 5.11 Å². The first-order chi connectivity index (χ1) is 9.04. The van der Waals surface area contributed by atoms with Crippen LogP contribution in [0.4, 0.5) is 0 Å². The minimum absolute atomic E-state index is 0.189. The lowest BCUT2D eigenvalue weighted by Gasteiger charge is -2.17. The van der Waals surface area contributed by atoms with Gasteiger partial charge < -0.3 is 9.84 Å². The second-order valence-corrected chi connectivity index (χ2v) is 5.76. The van der Waals surface area contributed by atoms with E-state index in [1.807, 2.05) is 6.92 Å². The number of hydrogen-bond acceptors (Lipinski definition) is 3. The third kappa shape index (κ3) is 4.22. The molecule has 106 valence electrons. The van der Waals surface area contributed by atoms with Crippen molar-refractivity contribution in [2.24, 2.45) is 5.92 Å². The number of aliphatic hydroxyl groups is 1. The molecule has 1 N–H and O–H groups in total. The van der Waals surface area contributed by atoms with Gasteiger partial charge in [0.15, 0.2) is 0 Å². The molecule has 0 aliphatic carbocycles. The van der Waals surface area contributed by atoms with Gasteiger partial charge in [-0.25, -0.2) is 0 Å². The number of rotatable bonds is 5. The largest absolute Gasteiger partial charge is 0.492 e. The van der Waals surface area contributed by atoms with Crippen molar-refractivity contribution in [2.45, 2.75) is 33.3 Å². The monoisotopic (exact) mass is 263 g/mol. The highest BCUT2D eigenvalue weighted by atomic mass is 16.5. The average molecular weight is 263 g/mol. The number of ether oxygens (including phenoxy) is 1. The summed E-state index contributed by atoms with van der Waals surface area (Å²) in [6.45, 7) is 9.80. The Bertz CT molecular complexity index is 397. The summed E-state index contributed by atoms with van der Waals surface area (Å²) in [5, 5.41) is 9.58. The predicted octanol–water partition coefficient (Wildman–Crippen LogP) is 2.38. The van der Waals surface area contributed by atoms with Crippen molar-refractivity contribution in [3.8, 4) is 5.75 Å². The molecule has 2 rings (SSSR count). The number of aryl methyl sites for hydroxylation is 2. The van der Waals surface area contributed by atoms with Crippen molar-refractivity contribution >= 4 is 0 Å². The zero-order valence-corrected chi connectivity index (χ0v) is 12.2. The molecule has 19 heavy (non-hydrogen) atoms. The predicted molar refractivity (Wildman–Crippen MR) is 77.6 cm³/mol. The normalized spacial score (nSPS) is 21.6. The summed E-state index contributed by atoms with van der Waals surface area (Å²) in [7, 11) is 0. The molecule has 0 radical (unpaired) electrons. The molecule has 0 amide bonds. The lowest BCUT2D eigenvalue weighted by atomic mass is 10.0. The van der Waals surface area contributed by atoms with Crippen molar-refractivity contribution in [1.82, 2.24) is 4.90 Å². The molecule has 1 aliphatic rings. The average Bonchev–Trinajstić information content (AvgIpc) is 2.76. The molecule has 1 aromatic carbocycles. The standard InChI is InChI=1S/C16H25NO2/c1-12-8-13(2)10-16(9-12)19-7-6-17-5-4-15(11-17)14(3)18/h8-10,14-15,18H,4-7,11H2,1-3H3. The third-order valence-corrected chi connectivity index (χ3v) is 3.86. The van der Waals surface area contributed by atoms with E-state index in [1.54, 1.807) is 0 Å². The van der Waals surface area contributed by atoms with E-state index in [0.29, 0.717) is 5.92 Å². The molecule has 0 aromatic heterocycles. The first kappa shape index (κ1) is 14.4. The molecular formula is C16H25NO2. The molecule has 3 heteroatoms. The number of likely N-dealkylation sites (tertiary alicyclic amines) is 1. The quantitative estimate of drug-likeness (QED) is 0.885. The van der Waals surface area contributed by atoms with Crippen molar-refractivity contribution in [3.63, 3.8) is 0 Å². The van der Waals surface area contributed by atoms with Crippen LogP contribution < -0.4 is 4.74 Å². The van der Waals surface area contributed by atoms with Crippen LogP contribution in [-0.4, -0.2) is 42.4 Å². The fraction of sp³-hybridized carbons (Fsp3) is 0.625. The summed E-state index contributed by atoms with van der Waals surface area (Å²) in [5.74, 6) is 1.39. The van der Waals surface area contributed by atoms with Gasteiger partial charge in [-0.2, -0.15) is 0 Å². The van der Waals surface area contributed by atoms with Crippen LogP contribution in [-0.2, 0) is 0 Å². The summed E-state index contributed by atoms with van der Waals surface area (Å²) in [6.07, 6.45) is 0.909. The Morgan fingerprint density at radius 2 is 2.00 bits per heavy atom. The molecule has 1 heterocycles. The van der Waals surface area contributed by atoms with Crippen LogP contribution in [0.1, 0.15) is 24.5 Å². The first-order valence-electron chi connectivity index (χ1n) is 7.16. The molecule has 3 nitrogen and oxygen atoms in total. The molecule has 2 unspecified atom stereocenters. The van der Waals surface area contributed by atoms with E-state index in [-0.39, 0.29) is 6.10 Å². The molecular weight excluding hydrogens is 238 g/mol. The molecule has 1 saturated heterocycles. The Morgan fingerprint density at radius 3 is 2.58 bits per heavy atom. The van der Waals surface area contributed by atoms with Gasteiger partial charge in [-0.1, -0.05) is 6.07 Å². The van der Waals surface area contributed by atoms with Gasteiger partial charge in [0.25, 0.3) is 0 Å². The second kappa shape index (κ2) is 6.40. The molecule has 2 atom stereocenters. The Labute approximate surface area is 116 Å². The molecule has 0 bridgehead atoms. The zero-order chi connectivity index (χ0) is 13.8. The highest BCUT2D eigenvalue weighted by molar-refractivity contribution is 5.32. The fourth-order valence-electron chi connectivity index (χ4n) is 2.77. The van der Waals surface area contributed by atoms with Crippen LogP contribution in [0, 0.1) is 19.8 Å². The molecule has 1 aliphatic heterocycles. The van der Waals surface area contributed by atoms with E-state index in [1.165, 1.54) is 11.1 Å².